The van der Waals surface area contributed by atoms with E-state index in [2.05, 4.69) is 79.9 Å². The summed E-state index contributed by atoms with van der Waals surface area (Å²) in [7, 11) is 0. The van der Waals surface area contributed by atoms with Crippen molar-refractivity contribution in [1.29, 1.82) is 0 Å². The molecule has 0 aliphatic carbocycles. The Morgan fingerprint density at radius 3 is 0.930 bits per heavy atom. The van der Waals surface area contributed by atoms with Crippen LogP contribution >= 0.6 is 0 Å². The fraction of sp³-hybridized carbons (Fsp3) is 0.836. The summed E-state index contributed by atoms with van der Waals surface area (Å²) in [4.78, 5) is 12.5. The van der Waals surface area contributed by atoms with Gasteiger partial charge in [0.2, 0.25) is 5.91 Å². The summed E-state index contributed by atoms with van der Waals surface area (Å²) in [5.74, 6) is -0.0320. The van der Waals surface area contributed by atoms with E-state index in [0.29, 0.717) is 12.8 Å². The van der Waals surface area contributed by atoms with Crippen molar-refractivity contribution in [1.82, 2.24) is 5.32 Å². The Morgan fingerprint density at radius 2 is 0.620 bits per heavy atom. The molecule has 0 aliphatic heterocycles. The first-order valence-electron chi connectivity index (χ1n) is 32.0. The Kier molecular flexibility index (Phi) is 60.7. The number of hydrogen-bond donors (Lipinski definition) is 3. The summed E-state index contributed by atoms with van der Waals surface area (Å²) in [5, 5.41) is 23.4. The standard InChI is InChI=1S/C67H125NO3/c1-3-5-7-9-11-13-15-17-19-21-23-25-27-29-31-32-33-34-35-37-38-40-42-44-46-48-50-52-54-56-58-60-62-66(70)65(64-69)68-67(71)63-61-59-57-55-53-51-49-47-45-43-41-39-36-30-28-26-24-22-20-18-16-14-12-10-8-6-4-2/h6,8,12,14,18,20,24,26,30,36,65-66,69-70H,3-5,7,9-11,13,15-17,19,21-23,25,27-29,31-35,37-64H2,1-2H3,(H,68,71)/b8-6-,14-12-,20-18-,26-24-,36-30-. The normalized spacial score (nSPS) is 13.1. The molecule has 0 aromatic rings. The molecule has 0 rings (SSSR count). The Labute approximate surface area is 445 Å². The minimum atomic E-state index is -0.665. The molecule has 2 unspecified atom stereocenters. The van der Waals surface area contributed by atoms with Crippen LogP contribution in [0, 0.1) is 0 Å². The molecular formula is C67H125NO3. The fourth-order valence-electron chi connectivity index (χ4n) is 9.98. The molecule has 0 aromatic carbocycles. The van der Waals surface area contributed by atoms with Gasteiger partial charge >= 0.3 is 0 Å². The van der Waals surface area contributed by atoms with Gasteiger partial charge in [-0.05, 0) is 57.8 Å². The van der Waals surface area contributed by atoms with Crippen LogP contribution in [0.25, 0.3) is 0 Å². The molecule has 71 heavy (non-hydrogen) atoms. The van der Waals surface area contributed by atoms with E-state index in [9.17, 15) is 15.0 Å². The Morgan fingerprint density at radius 1 is 0.352 bits per heavy atom. The van der Waals surface area contributed by atoms with Gasteiger partial charge in [-0.15, -0.1) is 0 Å². The lowest BCUT2D eigenvalue weighted by Gasteiger charge is -2.22. The highest BCUT2D eigenvalue weighted by Gasteiger charge is 2.20. The van der Waals surface area contributed by atoms with Gasteiger partial charge in [0.05, 0.1) is 18.8 Å². The fourth-order valence-corrected chi connectivity index (χ4v) is 9.98. The highest BCUT2D eigenvalue weighted by atomic mass is 16.3. The molecule has 0 saturated carbocycles. The molecule has 0 radical (unpaired) electrons. The molecule has 0 aromatic heterocycles. The summed E-state index contributed by atoms with van der Waals surface area (Å²) in [6, 6.07) is -0.543. The second kappa shape index (κ2) is 62.4. The Hall–Kier alpha value is -1.91. The molecule has 2 atom stereocenters. The lowest BCUT2D eigenvalue weighted by molar-refractivity contribution is -0.123. The van der Waals surface area contributed by atoms with E-state index in [1.165, 1.54) is 257 Å². The molecule has 1 amide bonds. The monoisotopic (exact) mass is 992 g/mol. The van der Waals surface area contributed by atoms with Gasteiger partial charge in [0.1, 0.15) is 0 Å². The first-order chi connectivity index (χ1) is 35.2. The highest BCUT2D eigenvalue weighted by molar-refractivity contribution is 5.76. The number of allylic oxidation sites excluding steroid dienone is 10. The van der Waals surface area contributed by atoms with Gasteiger partial charge in [-0.2, -0.15) is 0 Å². The predicted molar refractivity (Wildman–Crippen MR) is 318 cm³/mol. The van der Waals surface area contributed by atoms with Crippen molar-refractivity contribution in [3.63, 3.8) is 0 Å². The van der Waals surface area contributed by atoms with Gasteiger partial charge in [0.25, 0.3) is 0 Å². The number of rotatable bonds is 59. The van der Waals surface area contributed by atoms with Crippen LogP contribution in [0.1, 0.15) is 341 Å². The van der Waals surface area contributed by atoms with E-state index in [0.717, 1.165) is 57.8 Å². The summed E-state index contributed by atoms with van der Waals surface area (Å²) in [6.45, 7) is 4.28. The van der Waals surface area contributed by atoms with Gasteiger partial charge in [-0.3, -0.25) is 4.79 Å². The number of unbranched alkanes of at least 4 members (excludes halogenated alkanes) is 42. The summed E-state index contributed by atoms with van der Waals surface area (Å²) < 4.78 is 0. The molecule has 0 spiro atoms. The number of nitrogens with one attached hydrogen (secondary N) is 1. The molecule has 0 heterocycles. The topological polar surface area (TPSA) is 69.6 Å². The van der Waals surface area contributed by atoms with E-state index < -0.39 is 12.1 Å². The average molecular weight is 993 g/mol. The molecule has 4 nitrogen and oxygen atoms in total. The smallest absolute Gasteiger partial charge is 0.220 e. The number of hydrogen-bond acceptors (Lipinski definition) is 3. The third-order valence-electron chi connectivity index (χ3n) is 14.8. The Bertz CT molecular complexity index is 1170. The van der Waals surface area contributed by atoms with E-state index >= 15 is 0 Å². The van der Waals surface area contributed by atoms with E-state index in [1.807, 2.05) is 0 Å². The number of aliphatic hydroxyl groups excluding tert-OH is 2. The van der Waals surface area contributed by atoms with E-state index in [4.69, 9.17) is 0 Å². The number of amides is 1. The lowest BCUT2D eigenvalue weighted by Crippen LogP contribution is -2.45. The van der Waals surface area contributed by atoms with Crippen molar-refractivity contribution < 1.29 is 15.0 Å². The van der Waals surface area contributed by atoms with Crippen LogP contribution < -0.4 is 5.32 Å². The van der Waals surface area contributed by atoms with Crippen LogP contribution in [0.5, 0.6) is 0 Å². The molecule has 4 heteroatoms. The second-order valence-corrected chi connectivity index (χ2v) is 21.8. The van der Waals surface area contributed by atoms with Gasteiger partial charge in [-0.25, -0.2) is 0 Å². The summed E-state index contributed by atoms with van der Waals surface area (Å²) in [5.41, 5.74) is 0. The molecule has 0 aliphatic rings. The Balaban J connectivity index is 3.43. The van der Waals surface area contributed by atoms with Crippen molar-refractivity contribution in [2.24, 2.45) is 0 Å². The molecule has 0 saturated heterocycles. The SMILES string of the molecule is CC/C=C\C/C=C\C/C=C\C/C=C\C/C=C\CCCCCCCCCCCCCC(=O)NC(CO)C(O)CCCCCCCCCCCCCCCCCCCCCCCCCCCCCCCCCC. The van der Waals surface area contributed by atoms with Gasteiger partial charge in [0.15, 0.2) is 0 Å². The van der Waals surface area contributed by atoms with Crippen LogP contribution in [0.2, 0.25) is 0 Å². The zero-order valence-electron chi connectivity index (χ0n) is 48.0. The molecule has 3 N–H and O–H groups in total. The van der Waals surface area contributed by atoms with Gasteiger partial charge in [0, 0.05) is 6.42 Å². The van der Waals surface area contributed by atoms with Gasteiger partial charge in [-0.1, -0.05) is 338 Å². The molecule has 416 valence electrons. The molecule has 0 fully saturated rings. The minimum absolute atomic E-state index is 0.0320. The second-order valence-electron chi connectivity index (χ2n) is 21.8. The van der Waals surface area contributed by atoms with E-state index in [1.54, 1.807) is 0 Å². The maximum Gasteiger partial charge on any atom is 0.220 e. The first kappa shape index (κ1) is 69.1. The maximum absolute atomic E-state index is 12.5. The number of carbonyl (C=O) groups excluding carboxylic acids is 1. The number of carbonyl (C=O) groups is 1. The van der Waals surface area contributed by atoms with E-state index in [-0.39, 0.29) is 12.5 Å². The van der Waals surface area contributed by atoms with Crippen LogP contribution in [0.4, 0.5) is 0 Å². The van der Waals surface area contributed by atoms with Crippen LogP contribution in [-0.2, 0) is 4.79 Å². The molecule has 0 bridgehead atoms. The maximum atomic E-state index is 12.5. The minimum Gasteiger partial charge on any atom is -0.394 e. The third kappa shape index (κ3) is 58.8. The largest absolute Gasteiger partial charge is 0.394 e. The van der Waals surface area contributed by atoms with Crippen LogP contribution in [-0.4, -0.2) is 34.9 Å². The van der Waals surface area contributed by atoms with Crippen molar-refractivity contribution in [3.8, 4) is 0 Å². The zero-order chi connectivity index (χ0) is 51.3. The van der Waals surface area contributed by atoms with Crippen molar-refractivity contribution >= 4 is 5.91 Å². The quantitative estimate of drug-likeness (QED) is 0.0420. The summed E-state index contributed by atoms with van der Waals surface area (Å²) in [6.07, 6.45) is 88.2. The summed E-state index contributed by atoms with van der Waals surface area (Å²) >= 11 is 0. The third-order valence-corrected chi connectivity index (χ3v) is 14.8. The zero-order valence-corrected chi connectivity index (χ0v) is 48.0. The van der Waals surface area contributed by atoms with Crippen LogP contribution in [0.3, 0.4) is 0 Å². The first-order valence-corrected chi connectivity index (χ1v) is 32.0. The lowest BCUT2D eigenvalue weighted by atomic mass is 10.0. The average Bonchev–Trinajstić information content (AvgIpc) is 3.37. The van der Waals surface area contributed by atoms with Crippen molar-refractivity contribution in [3.05, 3.63) is 60.8 Å². The van der Waals surface area contributed by atoms with Gasteiger partial charge < -0.3 is 15.5 Å². The highest BCUT2D eigenvalue weighted by Crippen LogP contribution is 2.18. The predicted octanol–water partition coefficient (Wildman–Crippen LogP) is 21.5. The molecular weight excluding hydrogens is 867 g/mol. The van der Waals surface area contributed by atoms with Crippen LogP contribution in [0.15, 0.2) is 60.8 Å². The van der Waals surface area contributed by atoms with Crippen molar-refractivity contribution in [2.75, 3.05) is 6.61 Å². The number of aliphatic hydroxyl groups is 2. The van der Waals surface area contributed by atoms with Crippen molar-refractivity contribution in [2.45, 2.75) is 353 Å².